The maximum absolute atomic E-state index is 14.2. The highest BCUT2D eigenvalue weighted by molar-refractivity contribution is 7.91. The Morgan fingerprint density at radius 2 is 1.85 bits per heavy atom. The summed E-state index contributed by atoms with van der Waals surface area (Å²) >= 11 is 0. The summed E-state index contributed by atoms with van der Waals surface area (Å²) in [5.41, 5.74) is -0.768. The van der Waals surface area contributed by atoms with Gasteiger partial charge in [-0.15, -0.1) is 0 Å². The lowest BCUT2D eigenvalue weighted by Gasteiger charge is -2.30. The van der Waals surface area contributed by atoms with Gasteiger partial charge in [0, 0.05) is 30.3 Å². The van der Waals surface area contributed by atoms with Crippen molar-refractivity contribution >= 4 is 40.1 Å². The van der Waals surface area contributed by atoms with Gasteiger partial charge in [-0.25, -0.2) is 13.2 Å². The average molecular weight is 685 g/mol. The van der Waals surface area contributed by atoms with Crippen LogP contribution in [0.1, 0.15) is 89.0 Å². The van der Waals surface area contributed by atoms with Crippen molar-refractivity contribution in [1.82, 2.24) is 25.2 Å². The molecule has 1 saturated heterocycles. The van der Waals surface area contributed by atoms with Crippen molar-refractivity contribution in [3.05, 3.63) is 42.2 Å². The minimum absolute atomic E-state index is 0.00966. The van der Waals surface area contributed by atoms with E-state index in [0.717, 1.165) is 38.5 Å². The molecular weight excluding hydrogens is 640 g/mol. The van der Waals surface area contributed by atoms with Crippen LogP contribution >= 0.6 is 0 Å². The van der Waals surface area contributed by atoms with Crippen molar-refractivity contribution < 1.29 is 37.2 Å². The first kappa shape index (κ1) is 33.9. The van der Waals surface area contributed by atoms with E-state index in [0.29, 0.717) is 37.7 Å². The number of aromatic nitrogens is 1. The third-order valence-electron chi connectivity index (χ3n) is 9.81. The summed E-state index contributed by atoms with van der Waals surface area (Å²) in [6, 6.07) is 1.54. The summed E-state index contributed by atoms with van der Waals surface area (Å²) in [6.45, 7) is 0.00966. The van der Waals surface area contributed by atoms with Crippen LogP contribution in [0.25, 0.3) is 0 Å². The molecule has 3 aliphatic carbocycles. The molecule has 0 unspecified atom stereocenters. The molecule has 0 spiro atoms. The Balaban J connectivity index is 1.23. The largest absolute Gasteiger partial charge is 0.446 e. The van der Waals surface area contributed by atoms with E-state index in [9.17, 15) is 27.6 Å². The highest BCUT2D eigenvalue weighted by Crippen LogP contribution is 2.46. The molecule has 4 fully saturated rings. The Bertz CT molecular complexity index is 1530. The number of sulfonamides is 1. The lowest BCUT2D eigenvalue weighted by molar-refractivity contribution is -0.141. The fourth-order valence-electron chi connectivity index (χ4n) is 6.80. The van der Waals surface area contributed by atoms with Crippen LogP contribution in [0.3, 0.4) is 0 Å². The topological polar surface area (TPSA) is 185 Å². The molecule has 3 N–H and O–H groups in total. The van der Waals surface area contributed by atoms with Crippen molar-refractivity contribution in [2.24, 2.45) is 11.1 Å². The van der Waals surface area contributed by atoms with Crippen LogP contribution in [0.15, 0.2) is 41.8 Å². The smallest absolute Gasteiger partial charge is 0.408 e. The van der Waals surface area contributed by atoms with Gasteiger partial charge >= 0.3 is 6.09 Å². The number of ether oxygens (including phenoxy) is 1. The maximum Gasteiger partial charge on any atom is 0.408 e. The molecule has 0 bridgehead atoms. The van der Waals surface area contributed by atoms with Crippen LogP contribution in [0.5, 0.6) is 0 Å². The van der Waals surface area contributed by atoms with Gasteiger partial charge < -0.3 is 25.1 Å². The van der Waals surface area contributed by atoms with Gasteiger partial charge in [-0.3, -0.25) is 24.1 Å². The molecule has 4 amide bonds. The molecule has 3 heterocycles. The molecule has 1 aromatic heterocycles. The minimum atomic E-state index is -3.86. The molecule has 5 aliphatic rings. The van der Waals surface area contributed by atoms with E-state index in [4.69, 9.17) is 9.57 Å². The van der Waals surface area contributed by atoms with E-state index in [1.54, 1.807) is 24.5 Å². The fraction of sp³-hybridized carbons (Fsp3) is 0.636. The first-order chi connectivity index (χ1) is 23.1. The van der Waals surface area contributed by atoms with Gasteiger partial charge in [0.2, 0.25) is 21.8 Å². The van der Waals surface area contributed by atoms with E-state index in [1.807, 2.05) is 12.2 Å². The third-order valence-corrected chi connectivity index (χ3v) is 11.6. The summed E-state index contributed by atoms with van der Waals surface area (Å²) in [4.78, 5) is 65.9. The number of allylic oxidation sites excluding steroid dienone is 1. The van der Waals surface area contributed by atoms with Crippen molar-refractivity contribution in [3.8, 4) is 0 Å². The Labute approximate surface area is 280 Å². The number of alkyl carbamates (subject to hydrolysis) is 1. The van der Waals surface area contributed by atoms with Gasteiger partial charge in [0.15, 0.2) is 0 Å². The Kier molecular flexibility index (Phi) is 10.3. The van der Waals surface area contributed by atoms with Crippen molar-refractivity contribution in [2.45, 2.75) is 119 Å². The number of rotatable bonds is 8. The van der Waals surface area contributed by atoms with Crippen LogP contribution in [-0.4, -0.2) is 90.0 Å². The van der Waals surface area contributed by atoms with Crippen molar-refractivity contribution in [2.75, 3.05) is 6.54 Å². The molecule has 15 heteroatoms. The number of hydrogen-bond acceptors (Lipinski definition) is 10. The molecule has 3 saturated carbocycles. The predicted octanol–water partition coefficient (Wildman–Crippen LogP) is 2.44. The Morgan fingerprint density at radius 1 is 1.06 bits per heavy atom. The number of carbonyl (C=O) groups excluding carboxylic acids is 4. The molecule has 14 nitrogen and oxygen atoms in total. The summed E-state index contributed by atoms with van der Waals surface area (Å²) in [5.74, 6) is -2.25. The summed E-state index contributed by atoms with van der Waals surface area (Å²) < 4.78 is 33.2. The SMILES string of the molecule is O=C(N[C@H]1CCCCC/C=C\[C@@H]2C[C@]2(C(=O)NS(=O)(=O)C2CC2)NC(=O)[C@@H]2C[C@@H](O/N=C/c3cccnc3)CN2C1=O)OC1CCCC1. The normalized spacial score (nSPS) is 30.7. The first-order valence-corrected chi connectivity index (χ1v) is 18.6. The molecule has 5 atom stereocenters. The van der Waals surface area contributed by atoms with Gasteiger partial charge in [-0.1, -0.05) is 36.2 Å². The van der Waals surface area contributed by atoms with Crippen molar-refractivity contribution in [1.29, 1.82) is 0 Å². The Morgan fingerprint density at radius 3 is 2.60 bits per heavy atom. The molecule has 0 aromatic carbocycles. The third kappa shape index (κ3) is 8.16. The summed E-state index contributed by atoms with van der Waals surface area (Å²) in [7, 11) is -3.86. The molecule has 6 rings (SSSR count). The summed E-state index contributed by atoms with van der Waals surface area (Å²) in [6.07, 6.45) is 15.1. The number of hydrogen-bond donors (Lipinski definition) is 3. The van der Waals surface area contributed by atoms with E-state index < -0.39 is 68.7 Å². The molecule has 0 radical (unpaired) electrons. The number of oxime groups is 1. The van der Waals surface area contributed by atoms with E-state index in [-0.39, 0.29) is 25.5 Å². The second kappa shape index (κ2) is 14.6. The zero-order valence-electron chi connectivity index (χ0n) is 26.9. The minimum Gasteiger partial charge on any atom is -0.446 e. The first-order valence-electron chi connectivity index (χ1n) is 17.1. The highest BCUT2D eigenvalue weighted by Gasteiger charge is 2.62. The number of nitrogens with one attached hydrogen (secondary N) is 3. The average Bonchev–Trinajstić information content (AvgIpc) is 3.93. The van der Waals surface area contributed by atoms with Gasteiger partial charge in [0.1, 0.15) is 29.8 Å². The number of amides is 4. The molecular formula is C33H44N6O8S. The molecule has 48 heavy (non-hydrogen) atoms. The van der Waals surface area contributed by atoms with Crippen LogP contribution in [0, 0.1) is 5.92 Å². The van der Waals surface area contributed by atoms with E-state index in [2.05, 4.69) is 25.5 Å². The van der Waals surface area contributed by atoms with E-state index in [1.165, 1.54) is 11.1 Å². The molecule has 1 aromatic rings. The molecule has 260 valence electrons. The van der Waals surface area contributed by atoms with E-state index >= 15 is 0 Å². The standard InChI is InChI=1S/C33H44N6O8S/c40-29-28-17-25(47-35-20-22-9-8-16-34-19-22)21-39(28)30(41)27(36-32(43)46-24-11-6-7-12-24)13-5-3-1-2-4-10-23-18-33(23,37-29)31(42)38-48(44,45)26-14-15-26/h4,8-10,16,19-20,23-28H,1-3,5-7,11-15,17-18,21H2,(H,36,43)(H,37,40)(H,38,42)/b10-4-,35-20+/t23-,25-,27+,28+,33+/m1/s1. The summed E-state index contributed by atoms with van der Waals surface area (Å²) in [5, 5.41) is 9.07. The second-order valence-electron chi connectivity index (χ2n) is 13.5. The predicted molar refractivity (Wildman–Crippen MR) is 174 cm³/mol. The van der Waals surface area contributed by atoms with Gasteiger partial charge in [0.25, 0.3) is 5.91 Å². The van der Waals surface area contributed by atoms with Crippen LogP contribution in [0.4, 0.5) is 4.79 Å². The zero-order valence-corrected chi connectivity index (χ0v) is 27.7. The number of nitrogens with zero attached hydrogens (tertiary/aromatic N) is 3. The second-order valence-corrected chi connectivity index (χ2v) is 15.5. The van der Waals surface area contributed by atoms with Crippen molar-refractivity contribution in [3.63, 3.8) is 0 Å². The number of fused-ring (bicyclic) bond motifs is 2. The van der Waals surface area contributed by atoms with Crippen LogP contribution < -0.4 is 15.4 Å². The monoisotopic (exact) mass is 684 g/mol. The molecule has 2 aliphatic heterocycles. The maximum atomic E-state index is 14.2. The van der Waals surface area contributed by atoms with Gasteiger partial charge in [-0.05, 0) is 70.3 Å². The highest BCUT2D eigenvalue weighted by atomic mass is 32.2. The van der Waals surface area contributed by atoms with Crippen LogP contribution in [-0.2, 0) is 34.0 Å². The fourth-order valence-corrected chi connectivity index (χ4v) is 8.17. The lowest BCUT2D eigenvalue weighted by atomic mass is 10.0. The van der Waals surface area contributed by atoms with Gasteiger partial charge in [-0.2, -0.15) is 0 Å². The van der Waals surface area contributed by atoms with Gasteiger partial charge in [0.05, 0.1) is 18.0 Å². The number of pyridine rings is 1. The quantitative estimate of drug-likeness (QED) is 0.210. The zero-order chi connectivity index (χ0) is 33.7. The number of carbonyl (C=O) groups is 4. The van der Waals surface area contributed by atoms with Crippen LogP contribution in [0.2, 0.25) is 0 Å². The lowest BCUT2D eigenvalue weighted by Crippen LogP contribution is -2.58. The Hall–Kier alpha value is -4.01.